The molecule has 4 heteroatoms. The zero-order valence-corrected chi connectivity index (χ0v) is 10.8. The van der Waals surface area contributed by atoms with Crippen molar-refractivity contribution in [2.45, 2.75) is 50.4 Å². The lowest BCUT2D eigenvalue weighted by atomic mass is 9.98. The Morgan fingerprint density at radius 2 is 1.72 bits per heavy atom. The molecule has 1 saturated heterocycles. The smallest absolute Gasteiger partial charge is 0.230 e. The predicted molar refractivity (Wildman–Crippen MR) is 67.3 cm³/mol. The van der Waals surface area contributed by atoms with E-state index in [2.05, 4.69) is 10.5 Å². The summed E-state index contributed by atoms with van der Waals surface area (Å²) in [5.41, 5.74) is 0. The average molecular weight is 247 g/mol. The summed E-state index contributed by atoms with van der Waals surface area (Å²) in [6, 6.07) is 0. The molecule has 1 aromatic rings. The summed E-state index contributed by atoms with van der Waals surface area (Å²) >= 11 is 0. The van der Waals surface area contributed by atoms with E-state index in [1.807, 2.05) is 0 Å². The second-order valence-corrected chi connectivity index (χ2v) is 6.15. The van der Waals surface area contributed by atoms with E-state index in [1.165, 1.54) is 25.7 Å². The molecule has 0 radical (unpaired) electrons. The van der Waals surface area contributed by atoms with Gasteiger partial charge in [-0.1, -0.05) is 18.0 Å². The van der Waals surface area contributed by atoms with Crippen molar-refractivity contribution in [2.75, 3.05) is 13.1 Å². The van der Waals surface area contributed by atoms with Crippen molar-refractivity contribution in [1.29, 1.82) is 0 Å². The van der Waals surface area contributed by atoms with E-state index in [1.54, 1.807) is 0 Å². The molecule has 3 fully saturated rings. The number of fused-ring (bicyclic) bond motifs is 1. The van der Waals surface area contributed by atoms with Crippen molar-refractivity contribution in [1.82, 2.24) is 15.5 Å². The van der Waals surface area contributed by atoms with Crippen LogP contribution < -0.4 is 5.32 Å². The van der Waals surface area contributed by atoms with E-state index in [4.69, 9.17) is 9.51 Å². The molecule has 3 aliphatic rings. The maximum Gasteiger partial charge on any atom is 0.230 e. The lowest BCUT2D eigenvalue weighted by molar-refractivity contribution is 0.356. The van der Waals surface area contributed by atoms with Gasteiger partial charge < -0.3 is 9.84 Å². The van der Waals surface area contributed by atoms with Crippen LogP contribution in [-0.4, -0.2) is 23.2 Å². The summed E-state index contributed by atoms with van der Waals surface area (Å²) in [6.45, 7) is 2.17. The Morgan fingerprint density at radius 1 is 1.00 bits per heavy atom. The first-order valence-electron chi connectivity index (χ1n) is 7.47. The second-order valence-electron chi connectivity index (χ2n) is 6.15. The molecule has 2 aliphatic carbocycles. The average Bonchev–Trinajstić information content (AvgIpc) is 2.97. The monoisotopic (exact) mass is 247 g/mol. The molecule has 1 N–H and O–H groups in total. The van der Waals surface area contributed by atoms with Crippen LogP contribution in [0, 0.1) is 11.8 Å². The normalized spacial score (nSPS) is 36.3. The number of hydrogen-bond acceptors (Lipinski definition) is 4. The molecule has 1 aromatic heterocycles. The summed E-state index contributed by atoms with van der Waals surface area (Å²) in [7, 11) is 0. The van der Waals surface area contributed by atoms with Crippen LogP contribution >= 0.6 is 0 Å². The van der Waals surface area contributed by atoms with E-state index >= 15 is 0 Å². The molecule has 2 saturated carbocycles. The van der Waals surface area contributed by atoms with Crippen molar-refractivity contribution in [3.63, 3.8) is 0 Å². The van der Waals surface area contributed by atoms with Crippen LogP contribution in [-0.2, 0) is 0 Å². The zero-order chi connectivity index (χ0) is 11.9. The van der Waals surface area contributed by atoms with Gasteiger partial charge in [0, 0.05) is 11.8 Å². The van der Waals surface area contributed by atoms with Crippen LogP contribution in [0.1, 0.15) is 62.1 Å². The molecular formula is C14H21N3O. The van der Waals surface area contributed by atoms with Gasteiger partial charge in [0.2, 0.25) is 5.89 Å². The number of piperidine rings is 1. The molecule has 4 nitrogen and oxygen atoms in total. The highest BCUT2D eigenvalue weighted by Gasteiger charge is 2.54. The summed E-state index contributed by atoms with van der Waals surface area (Å²) in [6.07, 6.45) is 7.84. The third kappa shape index (κ3) is 1.78. The minimum absolute atomic E-state index is 0.518. The van der Waals surface area contributed by atoms with Crippen molar-refractivity contribution < 1.29 is 4.52 Å². The minimum Gasteiger partial charge on any atom is -0.339 e. The van der Waals surface area contributed by atoms with Crippen LogP contribution in [0.15, 0.2) is 4.52 Å². The fourth-order valence-corrected chi connectivity index (χ4v) is 3.99. The van der Waals surface area contributed by atoms with Crippen LogP contribution in [0.4, 0.5) is 0 Å². The van der Waals surface area contributed by atoms with Gasteiger partial charge in [-0.3, -0.25) is 0 Å². The summed E-state index contributed by atoms with van der Waals surface area (Å²) in [5.74, 6) is 4.76. The van der Waals surface area contributed by atoms with Gasteiger partial charge in [-0.15, -0.1) is 0 Å². The first-order chi connectivity index (χ1) is 8.93. The lowest BCUT2D eigenvalue weighted by Crippen LogP contribution is -2.27. The largest absolute Gasteiger partial charge is 0.339 e. The van der Waals surface area contributed by atoms with E-state index in [9.17, 15) is 0 Å². The topological polar surface area (TPSA) is 51.0 Å². The maximum absolute atomic E-state index is 5.55. The van der Waals surface area contributed by atoms with Crippen molar-refractivity contribution >= 4 is 0 Å². The molecule has 2 unspecified atom stereocenters. The Balaban J connectivity index is 1.48. The quantitative estimate of drug-likeness (QED) is 0.872. The van der Waals surface area contributed by atoms with Gasteiger partial charge in [0.05, 0.1) is 0 Å². The molecule has 2 heterocycles. The molecule has 0 spiro atoms. The van der Waals surface area contributed by atoms with E-state index in [-0.39, 0.29) is 0 Å². The Labute approximate surface area is 108 Å². The van der Waals surface area contributed by atoms with Gasteiger partial charge in [0.25, 0.3) is 0 Å². The Kier molecular flexibility index (Phi) is 2.64. The first-order valence-corrected chi connectivity index (χ1v) is 7.47. The van der Waals surface area contributed by atoms with E-state index in [0.717, 1.165) is 49.5 Å². The van der Waals surface area contributed by atoms with E-state index < -0.39 is 0 Å². The van der Waals surface area contributed by atoms with Crippen molar-refractivity contribution in [3.05, 3.63) is 11.7 Å². The van der Waals surface area contributed by atoms with Crippen molar-refractivity contribution in [2.24, 2.45) is 11.8 Å². The number of nitrogens with zero attached hydrogens (tertiary/aromatic N) is 2. The predicted octanol–water partition coefficient (Wildman–Crippen LogP) is 2.44. The Morgan fingerprint density at radius 3 is 2.44 bits per heavy atom. The van der Waals surface area contributed by atoms with Crippen LogP contribution in [0.2, 0.25) is 0 Å². The van der Waals surface area contributed by atoms with Gasteiger partial charge in [-0.25, -0.2) is 0 Å². The third-order valence-corrected chi connectivity index (χ3v) is 5.10. The molecule has 0 aromatic carbocycles. The highest BCUT2D eigenvalue weighted by molar-refractivity contribution is 5.15. The highest BCUT2D eigenvalue weighted by atomic mass is 16.5. The Bertz CT molecular complexity index is 412. The fourth-order valence-electron chi connectivity index (χ4n) is 3.99. The van der Waals surface area contributed by atoms with Crippen LogP contribution in [0.5, 0.6) is 0 Å². The zero-order valence-electron chi connectivity index (χ0n) is 10.8. The number of aromatic nitrogens is 2. The fraction of sp³-hybridized carbons (Fsp3) is 0.857. The van der Waals surface area contributed by atoms with Crippen LogP contribution in [0.25, 0.3) is 0 Å². The molecule has 2 atom stereocenters. The standard InChI is InChI=1S/C14H21N3O/c1-2-4-11-10(3-1)12(11)14-16-13(17-18-14)9-5-7-15-8-6-9/h9-12,15H,1-8H2. The van der Waals surface area contributed by atoms with Crippen molar-refractivity contribution in [3.8, 4) is 0 Å². The SMILES string of the molecule is C1CCC2C(C1)C2c1nc(C2CCNCC2)no1. The molecule has 0 amide bonds. The third-order valence-electron chi connectivity index (χ3n) is 5.10. The summed E-state index contributed by atoms with van der Waals surface area (Å²) in [5, 5.41) is 7.63. The molecule has 1 aliphatic heterocycles. The molecule has 98 valence electrons. The Hall–Kier alpha value is -0.900. The molecular weight excluding hydrogens is 226 g/mol. The van der Waals surface area contributed by atoms with Gasteiger partial charge >= 0.3 is 0 Å². The number of hydrogen-bond donors (Lipinski definition) is 1. The highest BCUT2D eigenvalue weighted by Crippen LogP contribution is 2.60. The molecule has 4 rings (SSSR count). The van der Waals surface area contributed by atoms with Gasteiger partial charge in [-0.2, -0.15) is 4.98 Å². The van der Waals surface area contributed by atoms with Gasteiger partial charge in [0.15, 0.2) is 5.82 Å². The lowest BCUT2D eigenvalue weighted by Gasteiger charge is -2.18. The number of rotatable bonds is 2. The molecule has 18 heavy (non-hydrogen) atoms. The summed E-state index contributed by atoms with van der Waals surface area (Å²) < 4.78 is 5.55. The maximum atomic E-state index is 5.55. The second kappa shape index (κ2) is 4.34. The number of nitrogens with one attached hydrogen (secondary N) is 1. The van der Waals surface area contributed by atoms with Gasteiger partial charge in [0.1, 0.15) is 0 Å². The minimum atomic E-state index is 0.518. The first kappa shape index (κ1) is 11.0. The summed E-state index contributed by atoms with van der Waals surface area (Å²) in [4.78, 5) is 4.71. The van der Waals surface area contributed by atoms with Gasteiger partial charge in [-0.05, 0) is 50.6 Å². The molecule has 0 bridgehead atoms. The van der Waals surface area contributed by atoms with E-state index in [0.29, 0.717) is 11.8 Å². The van der Waals surface area contributed by atoms with Crippen LogP contribution in [0.3, 0.4) is 0 Å².